The molecule has 1 saturated heterocycles. The number of benzene rings is 1. The molecule has 5 nitrogen and oxygen atoms in total. The van der Waals surface area contributed by atoms with Gasteiger partial charge in [0.1, 0.15) is 6.61 Å². The van der Waals surface area contributed by atoms with Gasteiger partial charge in [0.25, 0.3) is 0 Å². The minimum absolute atomic E-state index is 0.0860. The van der Waals surface area contributed by atoms with Crippen LogP contribution >= 0.6 is 0 Å². The van der Waals surface area contributed by atoms with E-state index < -0.39 is 0 Å². The number of nitrogens with zero attached hydrogens (tertiary/aromatic N) is 2. The molecule has 0 amide bonds. The van der Waals surface area contributed by atoms with E-state index in [-0.39, 0.29) is 11.8 Å². The highest BCUT2D eigenvalue weighted by atomic mass is 16.6. The monoisotopic (exact) mass is 390 g/mol. The first-order chi connectivity index (χ1) is 14.1. The largest absolute Gasteiger partial charge is 0.475 e. The third kappa shape index (κ3) is 3.82. The van der Waals surface area contributed by atoms with Gasteiger partial charge in [0, 0.05) is 36.1 Å². The Kier molecular flexibility index (Phi) is 4.67. The fraction of sp³-hybridized carbons (Fsp3) is 0.500. The Morgan fingerprint density at radius 3 is 2.90 bits per heavy atom. The van der Waals surface area contributed by atoms with Gasteiger partial charge >= 0.3 is 5.69 Å². The molecule has 2 fully saturated rings. The molecule has 1 aromatic heterocycles. The molecule has 3 heterocycles. The van der Waals surface area contributed by atoms with E-state index in [0.717, 1.165) is 29.7 Å². The summed E-state index contributed by atoms with van der Waals surface area (Å²) in [5, 5.41) is 0. The van der Waals surface area contributed by atoms with E-state index in [4.69, 9.17) is 9.47 Å². The lowest BCUT2D eigenvalue weighted by molar-refractivity contribution is -0.156. The topological polar surface area (TPSA) is 53.4 Å². The number of ether oxygens (including phenoxy) is 2. The zero-order valence-electron chi connectivity index (χ0n) is 17.0. The number of fused-ring (bicyclic) bond motifs is 3. The molecule has 2 aromatic rings. The van der Waals surface area contributed by atoms with E-state index in [1.54, 1.807) is 4.57 Å². The van der Waals surface area contributed by atoms with Crippen molar-refractivity contribution in [3.8, 4) is 29.0 Å². The van der Waals surface area contributed by atoms with Crippen LogP contribution in [-0.4, -0.2) is 28.4 Å². The van der Waals surface area contributed by atoms with Gasteiger partial charge in [-0.2, -0.15) is 4.98 Å². The maximum atomic E-state index is 12.5. The van der Waals surface area contributed by atoms with Crippen LogP contribution in [0.4, 0.5) is 0 Å². The Labute approximate surface area is 171 Å². The summed E-state index contributed by atoms with van der Waals surface area (Å²) in [6.07, 6.45) is 4.67. The highest BCUT2D eigenvalue weighted by Crippen LogP contribution is 2.32. The van der Waals surface area contributed by atoms with Gasteiger partial charge in [-0.15, -0.1) is 0 Å². The molecule has 0 N–H and O–H groups in total. The molecule has 0 spiro atoms. The van der Waals surface area contributed by atoms with Crippen LogP contribution in [0.15, 0.2) is 29.1 Å². The lowest BCUT2D eigenvalue weighted by Gasteiger charge is -2.38. The van der Waals surface area contributed by atoms with Crippen molar-refractivity contribution >= 4 is 0 Å². The van der Waals surface area contributed by atoms with Crippen LogP contribution in [0.25, 0.3) is 11.3 Å². The van der Waals surface area contributed by atoms with Crippen LogP contribution in [0, 0.1) is 23.7 Å². The van der Waals surface area contributed by atoms with E-state index in [9.17, 15) is 4.79 Å². The average molecular weight is 390 g/mol. The molecule has 1 saturated carbocycles. The lowest BCUT2D eigenvalue weighted by atomic mass is 9.95. The molecule has 2 unspecified atom stereocenters. The van der Waals surface area contributed by atoms with Crippen molar-refractivity contribution in [2.24, 2.45) is 11.8 Å². The fourth-order valence-corrected chi connectivity index (χ4v) is 3.98. The van der Waals surface area contributed by atoms with E-state index in [2.05, 4.69) is 42.8 Å². The molecule has 5 heteroatoms. The molecule has 2 aliphatic heterocycles. The van der Waals surface area contributed by atoms with Crippen molar-refractivity contribution < 1.29 is 9.47 Å². The predicted molar refractivity (Wildman–Crippen MR) is 111 cm³/mol. The van der Waals surface area contributed by atoms with Crippen molar-refractivity contribution in [3.63, 3.8) is 0 Å². The normalized spacial score (nSPS) is 22.2. The van der Waals surface area contributed by atoms with Gasteiger partial charge in [0.05, 0.1) is 17.9 Å². The smallest absolute Gasteiger partial charge is 0.351 e. The molecular weight excluding hydrogens is 364 g/mol. The second-order valence-electron chi connectivity index (χ2n) is 8.67. The molecule has 3 aliphatic rings. The maximum absolute atomic E-state index is 12.5. The van der Waals surface area contributed by atoms with Crippen molar-refractivity contribution in [2.75, 3.05) is 6.61 Å². The Morgan fingerprint density at radius 1 is 1.31 bits per heavy atom. The number of aryl methyl sites for hydroxylation is 1. The molecule has 0 bridgehead atoms. The minimum atomic E-state index is -0.254. The van der Waals surface area contributed by atoms with E-state index in [1.807, 2.05) is 12.1 Å². The number of aromatic nitrogens is 2. The van der Waals surface area contributed by atoms with Crippen LogP contribution < -0.4 is 10.4 Å². The SMILES string of the molecule is CC(C)C1CC(COc2cc3n(c(=O)n2)CCc2cc(C#CC4CC4)ccc2-3)O1. The third-order valence-corrected chi connectivity index (χ3v) is 5.99. The molecule has 2 atom stereocenters. The fourth-order valence-electron chi connectivity index (χ4n) is 3.98. The van der Waals surface area contributed by atoms with Crippen LogP contribution in [0.2, 0.25) is 0 Å². The van der Waals surface area contributed by atoms with Crippen LogP contribution in [-0.2, 0) is 17.7 Å². The van der Waals surface area contributed by atoms with Crippen molar-refractivity contribution in [1.82, 2.24) is 9.55 Å². The first kappa shape index (κ1) is 18.4. The number of hydrogen-bond acceptors (Lipinski definition) is 4. The molecule has 5 rings (SSSR count). The average Bonchev–Trinajstić information content (AvgIpc) is 3.49. The van der Waals surface area contributed by atoms with Crippen molar-refractivity contribution in [2.45, 2.75) is 58.3 Å². The van der Waals surface area contributed by atoms with Gasteiger partial charge in [0.2, 0.25) is 5.88 Å². The van der Waals surface area contributed by atoms with Crippen molar-refractivity contribution in [1.29, 1.82) is 0 Å². The summed E-state index contributed by atoms with van der Waals surface area (Å²) in [7, 11) is 0. The summed E-state index contributed by atoms with van der Waals surface area (Å²) >= 11 is 0. The predicted octanol–water partition coefficient (Wildman–Crippen LogP) is 3.42. The Balaban J connectivity index is 1.35. The lowest BCUT2D eigenvalue weighted by Crippen LogP contribution is -2.44. The number of rotatable bonds is 4. The molecule has 0 radical (unpaired) electrons. The van der Waals surface area contributed by atoms with Gasteiger partial charge in [-0.3, -0.25) is 4.57 Å². The zero-order chi connectivity index (χ0) is 20.0. The first-order valence-corrected chi connectivity index (χ1v) is 10.6. The summed E-state index contributed by atoms with van der Waals surface area (Å²) in [5.74, 6) is 8.10. The standard InChI is InChI=1S/C24H26N2O3/c1-15(2)22-12-19(29-22)14-28-23-13-21-20-8-7-17(6-5-16-3-4-16)11-18(20)9-10-26(21)24(27)25-23/h7-8,11,13,15-16,19,22H,3-4,9-10,12,14H2,1-2H3. The van der Waals surface area contributed by atoms with E-state index in [1.165, 1.54) is 18.4 Å². The maximum Gasteiger partial charge on any atom is 0.351 e. The molecule has 150 valence electrons. The van der Waals surface area contributed by atoms with E-state index >= 15 is 0 Å². The highest BCUT2D eigenvalue weighted by Gasteiger charge is 2.32. The first-order valence-electron chi connectivity index (χ1n) is 10.6. The molecule has 1 aromatic carbocycles. The second kappa shape index (κ2) is 7.35. The van der Waals surface area contributed by atoms with Gasteiger partial charge in [-0.05, 0) is 42.9 Å². The summed E-state index contributed by atoms with van der Waals surface area (Å²) in [6.45, 7) is 5.39. The minimum Gasteiger partial charge on any atom is -0.475 e. The molecule has 1 aliphatic carbocycles. The summed E-state index contributed by atoms with van der Waals surface area (Å²) in [6, 6.07) is 8.16. The van der Waals surface area contributed by atoms with Gasteiger partial charge < -0.3 is 9.47 Å². The van der Waals surface area contributed by atoms with Crippen LogP contribution in [0.3, 0.4) is 0 Å². The summed E-state index contributed by atoms with van der Waals surface area (Å²) in [5.41, 5.74) is 3.97. The van der Waals surface area contributed by atoms with Crippen molar-refractivity contribution in [3.05, 3.63) is 45.9 Å². The van der Waals surface area contributed by atoms with Gasteiger partial charge in [-0.25, -0.2) is 4.79 Å². The van der Waals surface area contributed by atoms with Gasteiger partial charge in [0.15, 0.2) is 0 Å². The van der Waals surface area contributed by atoms with E-state index in [0.29, 0.717) is 37.0 Å². The second-order valence-corrected chi connectivity index (χ2v) is 8.67. The molecular formula is C24H26N2O3. The Morgan fingerprint density at radius 2 is 2.14 bits per heavy atom. The highest BCUT2D eigenvalue weighted by molar-refractivity contribution is 5.68. The number of hydrogen-bond donors (Lipinski definition) is 0. The quantitative estimate of drug-likeness (QED) is 0.751. The molecule has 29 heavy (non-hydrogen) atoms. The van der Waals surface area contributed by atoms with Crippen LogP contribution in [0.5, 0.6) is 5.88 Å². The Hall–Kier alpha value is -2.58. The van der Waals surface area contributed by atoms with Crippen LogP contribution in [0.1, 0.15) is 44.2 Å². The van der Waals surface area contributed by atoms with Gasteiger partial charge in [-0.1, -0.05) is 31.8 Å². The third-order valence-electron chi connectivity index (χ3n) is 5.99. The zero-order valence-corrected chi connectivity index (χ0v) is 17.0. The Bertz CT molecular complexity index is 1050. The summed E-state index contributed by atoms with van der Waals surface area (Å²) < 4.78 is 13.4. The summed E-state index contributed by atoms with van der Waals surface area (Å²) in [4.78, 5) is 16.7.